The van der Waals surface area contributed by atoms with Crippen molar-refractivity contribution in [1.29, 1.82) is 0 Å². The van der Waals surface area contributed by atoms with Crippen LogP contribution in [-0.2, 0) is 4.79 Å². The Balaban J connectivity index is 1.73. The number of rotatable bonds is 4. The molecule has 7 heteroatoms. The standard InChI is InChI=1S/C23H24N2O3S2/c1-12(2)17-10-18(13(3)9-20(17)27)19-11-29-23(24-19)25-21(28)14(4)30-22(25)15-5-7-16(26)8-6-15/h5-12,14,22,26-27H,1-4H3. The van der Waals surface area contributed by atoms with Crippen LogP contribution in [0.5, 0.6) is 11.5 Å². The van der Waals surface area contributed by atoms with E-state index in [0.29, 0.717) is 10.9 Å². The first-order valence-corrected chi connectivity index (χ1v) is 11.7. The lowest BCUT2D eigenvalue weighted by atomic mass is 9.95. The number of aromatic nitrogens is 1. The van der Waals surface area contributed by atoms with Gasteiger partial charge >= 0.3 is 0 Å². The molecule has 1 aliphatic rings. The molecule has 1 aromatic heterocycles. The molecule has 0 spiro atoms. The summed E-state index contributed by atoms with van der Waals surface area (Å²) in [6.45, 7) is 7.96. The van der Waals surface area contributed by atoms with Crippen LogP contribution in [0.15, 0.2) is 41.8 Å². The zero-order valence-electron chi connectivity index (χ0n) is 17.3. The molecule has 2 unspecified atom stereocenters. The Hall–Kier alpha value is -2.51. The van der Waals surface area contributed by atoms with Crippen LogP contribution in [-0.4, -0.2) is 26.4 Å². The highest BCUT2D eigenvalue weighted by atomic mass is 32.2. The molecule has 0 radical (unpaired) electrons. The van der Waals surface area contributed by atoms with Crippen molar-refractivity contribution in [3.63, 3.8) is 0 Å². The number of aryl methyl sites for hydroxylation is 1. The summed E-state index contributed by atoms with van der Waals surface area (Å²) in [5, 5.41) is 22.1. The van der Waals surface area contributed by atoms with Gasteiger partial charge in [0.25, 0.3) is 0 Å². The fourth-order valence-corrected chi connectivity index (χ4v) is 5.81. The van der Waals surface area contributed by atoms with Crippen molar-refractivity contribution in [2.24, 2.45) is 0 Å². The number of phenolic OH excluding ortho intramolecular Hbond substituents is 2. The summed E-state index contributed by atoms with van der Waals surface area (Å²) in [6.07, 6.45) is 0. The number of carbonyl (C=O) groups is 1. The first kappa shape index (κ1) is 20.8. The number of carbonyl (C=O) groups excluding carboxylic acids is 1. The Kier molecular flexibility index (Phi) is 5.51. The van der Waals surface area contributed by atoms with Crippen molar-refractivity contribution in [2.45, 2.75) is 44.2 Å². The molecule has 30 heavy (non-hydrogen) atoms. The highest BCUT2D eigenvalue weighted by molar-refractivity contribution is 8.01. The minimum atomic E-state index is -0.181. The van der Waals surface area contributed by atoms with Crippen molar-refractivity contribution < 1.29 is 15.0 Å². The van der Waals surface area contributed by atoms with Gasteiger partial charge in [-0.3, -0.25) is 9.69 Å². The van der Waals surface area contributed by atoms with Gasteiger partial charge in [-0.05, 0) is 60.7 Å². The van der Waals surface area contributed by atoms with E-state index in [2.05, 4.69) is 0 Å². The molecule has 4 rings (SSSR count). The van der Waals surface area contributed by atoms with Gasteiger partial charge in [0.15, 0.2) is 5.13 Å². The summed E-state index contributed by atoms with van der Waals surface area (Å²) in [4.78, 5) is 19.5. The molecule has 0 bridgehead atoms. The van der Waals surface area contributed by atoms with Crippen LogP contribution >= 0.6 is 23.1 Å². The quantitative estimate of drug-likeness (QED) is 0.535. The van der Waals surface area contributed by atoms with Gasteiger partial charge in [-0.1, -0.05) is 26.0 Å². The number of aromatic hydroxyl groups is 2. The van der Waals surface area contributed by atoms with Crippen LogP contribution in [0.2, 0.25) is 0 Å². The molecular formula is C23H24N2O3S2. The fraction of sp³-hybridized carbons (Fsp3) is 0.304. The average molecular weight is 441 g/mol. The molecule has 3 aromatic rings. The van der Waals surface area contributed by atoms with E-state index < -0.39 is 0 Å². The molecule has 1 aliphatic heterocycles. The maximum Gasteiger partial charge on any atom is 0.242 e. The SMILES string of the molecule is Cc1cc(O)c(C(C)C)cc1-c1csc(N2C(=O)C(C)SC2c2ccc(O)cc2)n1. The molecule has 5 nitrogen and oxygen atoms in total. The van der Waals surface area contributed by atoms with E-state index in [-0.39, 0.29) is 28.2 Å². The summed E-state index contributed by atoms with van der Waals surface area (Å²) >= 11 is 3.03. The number of benzene rings is 2. The summed E-state index contributed by atoms with van der Waals surface area (Å²) in [5.74, 6) is 0.727. The largest absolute Gasteiger partial charge is 0.508 e. The lowest BCUT2D eigenvalue weighted by molar-refractivity contribution is -0.117. The average Bonchev–Trinajstić information content (AvgIpc) is 3.27. The monoisotopic (exact) mass is 440 g/mol. The topological polar surface area (TPSA) is 73.7 Å². The lowest BCUT2D eigenvalue weighted by Crippen LogP contribution is -2.30. The minimum Gasteiger partial charge on any atom is -0.508 e. The maximum absolute atomic E-state index is 12.9. The summed E-state index contributed by atoms with van der Waals surface area (Å²) in [7, 11) is 0. The Labute approximate surface area is 184 Å². The number of nitrogens with zero attached hydrogens (tertiary/aromatic N) is 2. The van der Waals surface area contributed by atoms with Crippen molar-refractivity contribution >= 4 is 34.1 Å². The number of thiazole rings is 1. The van der Waals surface area contributed by atoms with E-state index in [1.807, 2.05) is 51.3 Å². The van der Waals surface area contributed by atoms with Gasteiger partial charge in [0.1, 0.15) is 16.9 Å². The minimum absolute atomic E-state index is 0.0317. The Morgan fingerprint density at radius 1 is 1.13 bits per heavy atom. The number of phenols is 2. The number of anilines is 1. The van der Waals surface area contributed by atoms with Gasteiger partial charge in [0, 0.05) is 10.9 Å². The van der Waals surface area contributed by atoms with Gasteiger partial charge in [-0.15, -0.1) is 23.1 Å². The van der Waals surface area contributed by atoms with E-state index in [1.54, 1.807) is 34.9 Å². The van der Waals surface area contributed by atoms with Crippen LogP contribution in [0.4, 0.5) is 5.13 Å². The molecule has 0 aliphatic carbocycles. The molecule has 0 saturated carbocycles. The number of thioether (sulfide) groups is 1. The third kappa shape index (κ3) is 3.68. The second-order valence-electron chi connectivity index (χ2n) is 7.83. The Bertz CT molecular complexity index is 1090. The van der Waals surface area contributed by atoms with E-state index in [1.165, 1.54) is 11.3 Å². The molecule has 1 amide bonds. The van der Waals surface area contributed by atoms with Crippen LogP contribution in [0, 0.1) is 6.92 Å². The van der Waals surface area contributed by atoms with Crippen LogP contribution in [0.3, 0.4) is 0 Å². The second-order valence-corrected chi connectivity index (χ2v) is 10.1. The van der Waals surface area contributed by atoms with Gasteiger partial charge in [0.2, 0.25) is 5.91 Å². The highest BCUT2D eigenvalue weighted by Crippen LogP contribution is 2.47. The second kappa shape index (κ2) is 7.96. The summed E-state index contributed by atoms with van der Waals surface area (Å²) in [6, 6.07) is 10.7. The molecular weight excluding hydrogens is 416 g/mol. The van der Waals surface area contributed by atoms with Crippen molar-refractivity contribution in [3.05, 3.63) is 58.5 Å². The van der Waals surface area contributed by atoms with E-state index in [9.17, 15) is 15.0 Å². The smallest absolute Gasteiger partial charge is 0.242 e. The predicted molar refractivity (Wildman–Crippen MR) is 123 cm³/mol. The number of hydrogen-bond donors (Lipinski definition) is 2. The number of hydrogen-bond acceptors (Lipinski definition) is 6. The summed E-state index contributed by atoms with van der Waals surface area (Å²) in [5.41, 5.74) is 4.55. The lowest BCUT2D eigenvalue weighted by Gasteiger charge is -2.21. The van der Waals surface area contributed by atoms with Crippen LogP contribution in [0.25, 0.3) is 11.3 Å². The third-order valence-corrected chi connectivity index (χ3v) is 7.49. The zero-order chi connectivity index (χ0) is 21.6. The summed E-state index contributed by atoms with van der Waals surface area (Å²) < 4.78 is 0. The van der Waals surface area contributed by atoms with Gasteiger partial charge < -0.3 is 10.2 Å². The normalized spacial score (nSPS) is 19.1. The fourth-order valence-electron chi connectivity index (χ4n) is 3.63. The van der Waals surface area contributed by atoms with Crippen LogP contribution < -0.4 is 4.90 Å². The third-order valence-electron chi connectivity index (χ3n) is 5.30. The first-order valence-electron chi connectivity index (χ1n) is 9.83. The molecule has 1 fully saturated rings. The van der Waals surface area contributed by atoms with Crippen molar-refractivity contribution in [1.82, 2.24) is 4.98 Å². The molecule has 1 saturated heterocycles. The molecule has 156 valence electrons. The Morgan fingerprint density at radius 2 is 1.83 bits per heavy atom. The van der Waals surface area contributed by atoms with E-state index >= 15 is 0 Å². The van der Waals surface area contributed by atoms with Gasteiger partial charge in [-0.25, -0.2) is 4.98 Å². The highest BCUT2D eigenvalue weighted by Gasteiger charge is 2.41. The van der Waals surface area contributed by atoms with E-state index in [4.69, 9.17) is 4.98 Å². The van der Waals surface area contributed by atoms with Gasteiger partial charge in [-0.2, -0.15) is 0 Å². The van der Waals surface area contributed by atoms with E-state index in [0.717, 1.165) is 27.9 Å². The van der Waals surface area contributed by atoms with Crippen molar-refractivity contribution in [2.75, 3.05) is 4.90 Å². The zero-order valence-corrected chi connectivity index (χ0v) is 18.9. The van der Waals surface area contributed by atoms with Gasteiger partial charge in [0.05, 0.1) is 10.9 Å². The maximum atomic E-state index is 12.9. The molecule has 2 N–H and O–H groups in total. The molecule has 2 aromatic carbocycles. The predicted octanol–water partition coefficient (Wildman–Crippen LogP) is 5.82. The Morgan fingerprint density at radius 3 is 2.50 bits per heavy atom. The first-order chi connectivity index (χ1) is 14.3. The van der Waals surface area contributed by atoms with Crippen LogP contribution in [0.1, 0.15) is 48.8 Å². The van der Waals surface area contributed by atoms with Crippen molar-refractivity contribution in [3.8, 4) is 22.8 Å². The number of amides is 1. The molecule has 2 heterocycles. The molecule has 2 atom stereocenters.